The third-order valence-corrected chi connectivity index (χ3v) is 4.94. The fourth-order valence-electron chi connectivity index (χ4n) is 2.12. The number of nitrogens with one attached hydrogen (secondary N) is 1. The first-order valence-corrected chi connectivity index (χ1v) is 7.34. The Kier molecular flexibility index (Phi) is 3.03. The molecule has 0 radical (unpaired) electrons. The highest BCUT2D eigenvalue weighted by atomic mass is 32.2. The number of benzene rings is 1. The maximum absolute atomic E-state index is 13.7. The van der Waals surface area contributed by atoms with E-state index in [-0.39, 0.29) is 22.8 Å². The molecule has 18 heavy (non-hydrogen) atoms. The largest absolute Gasteiger partial charge is 0.376 e. The van der Waals surface area contributed by atoms with Crippen LogP contribution in [-0.2, 0) is 9.84 Å². The van der Waals surface area contributed by atoms with E-state index in [1.807, 2.05) is 6.07 Å². The van der Waals surface area contributed by atoms with Crippen molar-refractivity contribution in [2.75, 3.05) is 16.8 Å². The van der Waals surface area contributed by atoms with Crippen molar-refractivity contribution in [1.29, 1.82) is 5.26 Å². The third-order valence-electron chi connectivity index (χ3n) is 3.04. The fourth-order valence-corrected chi connectivity index (χ4v) is 4.21. The summed E-state index contributed by atoms with van der Waals surface area (Å²) in [6, 6.07) is 5.94. The van der Waals surface area contributed by atoms with Crippen LogP contribution >= 0.6 is 0 Å². The SMILES string of the molecule is CC1(Nc2ccc(C#N)cc2F)CCS(=O)(=O)C1. The van der Waals surface area contributed by atoms with Gasteiger partial charge in [0.1, 0.15) is 5.82 Å². The van der Waals surface area contributed by atoms with Gasteiger partial charge in [0.05, 0.1) is 28.8 Å². The molecule has 96 valence electrons. The maximum Gasteiger partial charge on any atom is 0.152 e. The van der Waals surface area contributed by atoms with Crippen molar-refractivity contribution in [2.24, 2.45) is 0 Å². The van der Waals surface area contributed by atoms with E-state index in [1.165, 1.54) is 12.1 Å². The maximum atomic E-state index is 13.7. The molecule has 2 rings (SSSR count). The van der Waals surface area contributed by atoms with Gasteiger partial charge in [-0.15, -0.1) is 0 Å². The van der Waals surface area contributed by atoms with Crippen LogP contribution in [0.5, 0.6) is 0 Å². The van der Waals surface area contributed by atoms with Gasteiger partial charge in [-0.2, -0.15) is 5.26 Å². The molecule has 1 heterocycles. The molecule has 6 heteroatoms. The molecule has 1 atom stereocenters. The van der Waals surface area contributed by atoms with Gasteiger partial charge in [0.15, 0.2) is 9.84 Å². The average molecular weight is 268 g/mol. The van der Waals surface area contributed by atoms with Crippen LogP contribution < -0.4 is 5.32 Å². The van der Waals surface area contributed by atoms with Gasteiger partial charge in [0.2, 0.25) is 0 Å². The normalized spacial score (nSPS) is 25.6. The van der Waals surface area contributed by atoms with E-state index in [1.54, 1.807) is 6.92 Å². The Hall–Kier alpha value is -1.61. The van der Waals surface area contributed by atoms with Gasteiger partial charge in [-0.3, -0.25) is 0 Å². The van der Waals surface area contributed by atoms with Crippen LogP contribution in [0.25, 0.3) is 0 Å². The van der Waals surface area contributed by atoms with Crippen molar-refractivity contribution in [1.82, 2.24) is 0 Å². The molecule has 1 aromatic rings. The Balaban J connectivity index is 2.23. The summed E-state index contributed by atoms with van der Waals surface area (Å²) in [6.45, 7) is 1.76. The second-order valence-corrected chi connectivity index (χ2v) is 7.02. The molecule has 0 saturated carbocycles. The van der Waals surface area contributed by atoms with E-state index in [4.69, 9.17) is 5.26 Å². The second kappa shape index (κ2) is 4.25. The Morgan fingerprint density at radius 1 is 1.50 bits per heavy atom. The Morgan fingerprint density at radius 2 is 2.22 bits per heavy atom. The van der Waals surface area contributed by atoms with Gasteiger partial charge in [0.25, 0.3) is 0 Å². The lowest BCUT2D eigenvalue weighted by molar-refractivity contribution is 0.561. The number of rotatable bonds is 2. The van der Waals surface area contributed by atoms with Crippen LogP contribution in [0.4, 0.5) is 10.1 Å². The van der Waals surface area contributed by atoms with Gasteiger partial charge in [-0.1, -0.05) is 0 Å². The lowest BCUT2D eigenvalue weighted by Crippen LogP contribution is -2.36. The Morgan fingerprint density at radius 3 is 2.72 bits per heavy atom. The van der Waals surface area contributed by atoms with Crippen molar-refractivity contribution < 1.29 is 12.8 Å². The molecule has 0 aliphatic carbocycles. The first-order valence-electron chi connectivity index (χ1n) is 5.52. The van der Waals surface area contributed by atoms with Gasteiger partial charge >= 0.3 is 0 Å². The standard InChI is InChI=1S/C12H13FN2O2S/c1-12(4-5-18(16,17)8-12)15-11-3-2-9(7-14)6-10(11)13/h2-3,6,15H,4-5,8H2,1H3. The summed E-state index contributed by atoms with van der Waals surface area (Å²) >= 11 is 0. The molecule has 1 saturated heterocycles. The van der Waals surface area contributed by atoms with Gasteiger partial charge in [0, 0.05) is 5.54 Å². The van der Waals surface area contributed by atoms with Crippen LogP contribution in [0, 0.1) is 17.1 Å². The van der Waals surface area contributed by atoms with Crippen LogP contribution in [0.3, 0.4) is 0 Å². The predicted molar refractivity (Wildman–Crippen MR) is 66.4 cm³/mol. The number of hydrogen-bond acceptors (Lipinski definition) is 4. The monoisotopic (exact) mass is 268 g/mol. The van der Waals surface area contributed by atoms with Gasteiger partial charge in [-0.05, 0) is 31.5 Å². The topological polar surface area (TPSA) is 70.0 Å². The molecule has 1 unspecified atom stereocenters. The molecule has 1 fully saturated rings. The Labute approximate surface area is 105 Å². The molecule has 1 aliphatic rings. The minimum absolute atomic E-state index is 0.000554. The van der Waals surface area contributed by atoms with Gasteiger partial charge < -0.3 is 5.32 Å². The Bertz CT molecular complexity index is 621. The van der Waals surface area contributed by atoms with Crippen LogP contribution in [0.2, 0.25) is 0 Å². The van der Waals surface area contributed by atoms with Crippen molar-refractivity contribution in [3.8, 4) is 6.07 Å². The molecule has 1 aliphatic heterocycles. The zero-order valence-electron chi connectivity index (χ0n) is 9.90. The molecular weight excluding hydrogens is 255 g/mol. The molecule has 0 bridgehead atoms. The summed E-state index contributed by atoms with van der Waals surface area (Å²) in [6.07, 6.45) is 0.453. The zero-order chi connectivity index (χ0) is 13.4. The molecule has 4 nitrogen and oxygen atoms in total. The second-order valence-electron chi connectivity index (χ2n) is 4.83. The van der Waals surface area contributed by atoms with E-state index >= 15 is 0 Å². The van der Waals surface area contributed by atoms with Crippen molar-refractivity contribution in [2.45, 2.75) is 18.9 Å². The predicted octanol–water partition coefficient (Wildman–Crippen LogP) is 1.69. The summed E-state index contributed by atoms with van der Waals surface area (Å²) in [5, 5.41) is 11.6. The molecule has 1 aromatic carbocycles. The number of sulfone groups is 1. The van der Waals surface area contributed by atoms with Crippen LogP contribution in [0.1, 0.15) is 18.9 Å². The number of hydrogen-bond donors (Lipinski definition) is 1. The third kappa shape index (κ3) is 2.62. The molecular formula is C12H13FN2O2S. The first kappa shape index (κ1) is 12.8. The minimum Gasteiger partial charge on any atom is -0.376 e. The highest BCUT2D eigenvalue weighted by Crippen LogP contribution is 2.28. The fraction of sp³-hybridized carbons (Fsp3) is 0.417. The summed E-state index contributed by atoms with van der Waals surface area (Å²) in [7, 11) is -3.04. The van der Waals surface area contributed by atoms with E-state index in [0.717, 1.165) is 6.07 Å². The zero-order valence-corrected chi connectivity index (χ0v) is 10.7. The van der Waals surface area contributed by atoms with E-state index < -0.39 is 21.2 Å². The van der Waals surface area contributed by atoms with E-state index in [2.05, 4.69) is 5.32 Å². The summed E-state index contributed by atoms with van der Waals surface area (Å²) in [4.78, 5) is 0. The quantitative estimate of drug-likeness (QED) is 0.886. The number of halogens is 1. The first-order chi connectivity index (χ1) is 8.34. The smallest absolute Gasteiger partial charge is 0.152 e. The lowest BCUT2D eigenvalue weighted by Gasteiger charge is -2.25. The molecule has 0 spiro atoms. The number of nitrogens with zero attached hydrogens (tertiary/aromatic N) is 1. The minimum atomic E-state index is -3.04. The average Bonchev–Trinajstić information content (AvgIpc) is 2.56. The molecule has 0 aromatic heterocycles. The highest BCUT2D eigenvalue weighted by Gasteiger charge is 2.38. The van der Waals surface area contributed by atoms with Gasteiger partial charge in [-0.25, -0.2) is 12.8 Å². The van der Waals surface area contributed by atoms with E-state index in [9.17, 15) is 12.8 Å². The number of nitriles is 1. The van der Waals surface area contributed by atoms with E-state index in [0.29, 0.717) is 6.42 Å². The lowest BCUT2D eigenvalue weighted by atomic mass is 10.0. The summed E-state index contributed by atoms with van der Waals surface area (Å²) < 4.78 is 36.6. The highest BCUT2D eigenvalue weighted by molar-refractivity contribution is 7.91. The summed E-state index contributed by atoms with van der Waals surface area (Å²) in [5.41, 5.74) is -0.177. The molecule has 1 N–H and O–H groups in total. The van der Waals surface area contributed by atoms with Crippen molar-refractivity contribution >= 4 is 15.5 Å². The summed E-state index contributed by atoms with van der Waals surface area (Å²) in [5.74, 6) is -0.423. The van der Waals surface area contributed by atoms with Crippen LogP contribution in [0.15, 0.2) is 18.2 Å². The van der Waals surface area contributed by atoms with Crippen LogP contribution in [-0.4, -0.2) is 25.5 Å². The van der Waals surface area contributed by atoms with Crippen molar-refractivity contribution in [3.05, 3.63) is 29.6 Å². The number of anilines is 1. The van der Waals surface area contributed by atoms with Crippen molar-refractivity contribution in [3.63, 3.8) is 0 Å². The molecule has 0 amide bonds.